The molecule has 0 atom stereocenters. The van der Waals surface area contributed by atoms with Gasteiger partial charge in [-0.15, -0.1) is 0 Å². The molecule has 0 saturated heterocycles. The van der Waals surface area contributed by atoms with E-state index in [1.165, 1.54) is 12.1 Å². The third-order valence-corrected chi connectivity index (χ3v) is 3.54. The van der Waals surface area contributed by atoms with Crippen molar-refractivity contribution in [2.75, 3.05) is 4.72 Å². The van der Waals surface area contributed by atoms with Crippen molar-refractivity contribution < 1.29 is 17.9 Å². The van der Waals surface area contributed by atoms with Crippen molar-refractivity contribution in [1.82, 2.24) is 4.72 Å². The Labute approximate surface area is 133 Å². The summed E-state index contributed by atoms with van der Waals surface area (Å²) in [6, 6.07) is 4.33. The summed E-state index contributed by atoms with van der Waals surface area (Å²) in [5.74, 6) is 0. The quantitative estimate of drug-likeness (QED) is 0.697. The number of anilines is 1. The van der Waals surface area contributed by atoms with Crippen molar-refractivity contribution in [3.63, 3.8) is 0 Å². The lowest BCUT2D eigenvalue weighted by molar-refractivity contribution is 0.121. The fourth-order valence-electron chi connectivity index (χ4n) is 1.27. The Morgan fingerprint density at radius 1 is 1.43 bits per heavy atom. The average Bonchev–Trinajstić information content (AvgIpc) is 2.29. The second-order valence-corrected chi connectivity index (χ2v) is 6.48. The first-order chi connectivity index (χ1) is 9.60. The number of carbonyl (C=O) groups excluding carboxylic acids is 1. The Bertz CT molecular complexity index is 661. The lowest BCUT2D eigenvalue weighted by Crippen LogP contribution is -2.36. The van der Waals surface area contributed by atoms with Gasteiger partial charge in [0.1, 0.15) is 4.99 Å². The standard InChI is InChI=1S/C11H14ClN3O4S2/c1-6(2)19-11(16)15-21(17,18)14-9-5-7(10(13)20)3-4-8(9)12/h3-6,14H,1-2H3,(H2,13,20)(H,15,16). The second-order valence-electron chi connectivity index (χ2n) is 4.22. The van der Waals surface area contributed by atoms with Gasteiger partial charge in [-0.3, -0.25) is 4.72 Å². The molecule has 21 heavy (non-hydrogen) atoms. The molecular formula is C11H14ClN3O4S2. The molecule has 7 nitrogen and oxygen atoms in total. The van der Waals surface area contributed by atoms with Crippen molar-refractivity contribution in [3.8, 4) is 0 Å². The molecule has 0 spiro atoms. The fraction of sp³-hybridized carbons (Fsp3) is 0.273. The van der Waals surface area contributed by atoms with E-state index in [0.717, 1.165) is 0 Å². The van der Waals surface area contributed by atoms with Gasteiger partial charge >= 0.3 is 16.3 Å². The van der Waals surface area contributed by atoms with Crippen LogP contribution in [0.1, 0.15) is 19.4 Å². The van der Waals surface area contributed by atoms with Crippen LogP contribution in [0.2, 0.25) is 5.02 Å². The number of rotatable bonds is 5. The van der Waals surface area contributed by atoms with E-state index in [9.17, 15) is 13.2 Å². The smallest absolute Gasteiger partial charge is 0.422 e. The Morgan fingerprint density at radius 3 is 2.57 bits per heavy atom. The van der Waals surface area contributed by atoms with Gasteiger partial charge in [-0.05, 0) is 26.0 Å². The zero-order chi connectivity index (χ0) is 16.2. The van der Waals surface area contributed by atoms with E-state index < -0.39 is 22.4 Å². The molecule has 0 fully saturated rings. The van der Waals surface area contributed by atoms with E-state index >= 15 is 0 Å². The molecule has 0 aliphatic heterocycles. The Hall–Kier alpha value is -1.58. The number of amides is 1. The minimum absolute atomic E-state index is 0.0341. The number of ether oxygens (including phenoxy) is 1. The van der Waals surface area contributed by atoms with Crippen LogP contribution in [0.4, 0.5) is 10.5 Å². The summed E-state index contributed by atoms with van der Waals surface area (Å²) >= 11 is 10.7. The highest BCUT2D eigenvalue weighted by Gasteiger charge is 2.18. The number of hydrogen-bond donors (Lipinski definition) is 3. The van der Waals surface area contributed by atoms with E-state index in [-0.39, 0.29) is 15.7 Å². The van der Waals surface area contributed by atoms with Crippen molar-refractivity contribution in [2.45, 2.75) is 20.0 Å². The molecule has 1 aromatic carbocycles. The summed E-state index contributed by atoms with van der Waals surface area (Å²) in [7, 11) is -4.19. The molecule has 1 rings (SSSR count). The number of hydrogen-bond acceptors (Lipinski definition) is 5. The minimum Gasteiger partial charge on any atom is -0.446 e. The van der Waals surface area contributed by atoms with Crippen LogP contribution in [0, 0.1) is 0 Å². The third kappa shape index (κ3) is 5.74. The van der Waals surface area contributed by atoms with E-state index in [4.69, 9.17) is 29.6 Å². The van der Waals surface area contributed by atoms with Gasteiger partial charge in [0.15, 0.2) is 0 Å². The van der Waals surface area contributed by atoms with Crippen LogP contribution in [-0.4, -0.2) is 25.6 Å². The molecule has 0 heterocycles. The maximum absolute atomic E-state index is 11.8. The Balaban J connectivity index is 2.91. The van der Waals surface area contributed by atoms with Crippen molar-refractivity contribution in [2.24, 2.45) is 5.73 Å². The van der Waals surface area contributed by atoms with Crippen LogP contribution < -0.4 is 15.2 Å². The van der Waals surface area contributed by atoms with Gasteiger partial charge in [-0.2, -0.15) is 8.42 Å². The zero-order valence-electron chi connectivity index (χ0n) is 11.2. The molecule has 0 bridgehead atoms. The molecule has 10 heteroatoms. The lowest BCUT2D eigenvalue weighted by Gasteiger charge is -2.13. The SMILES string of the molecule is CC(C)OC(=O)NS(=O)(=O)Nc1cc(C(N)=S)ccc1Cl. The highest BCUT2D eigenvalue weighted by Crippen LogP contribution is 2.23. The van der Waals surface area contributed by atoms with Gasteiger partial charge in [-0.25, -0.2) is 9.52 Å². The molecule has 116 valence electrons. The largest absolute Gasteiger partial charge is 0.446 e. The van der Waals surface area contributed by atoms with Gasteiger partial charge in [0.2, 0.25) is 0 Å². The summed E-state index contributed by atoms with van der Waals surface area (Å²) < 4.78 is 32.0. The molecule has 1 aromatic rings. The number of thiocarbonyl (C=S) groups is 1. The summed E-state index contributed by atoms with van der Waals surface area (Å²) in [5, 5.41) is 0.123. The normalized spacial score (nSPS) is 11.0. The summed E-state index contributed by atoms with van der Waals surface area (Å²) in [5.41, 5.74) is 5.92. The predicted molar refractivity (Wildman–Crippen MR) is 84.6 cm³/mol. The van der Waals surface area contributed by atoms with Crippen LogP contribution in [0.5, 0.6) is 0 Å². The maximum Gasteiger partial charge on any atom is 0.422 e. The summed E-state index contributed by atoms with van der Waals surface area (Å²) in [6.45, 7) is 3.17. The number of nitrogens with two attached hydrogens (primary N) is 1. The second kappa shape index (κ2) is 6.92. The summed E-state index contributed by atoms with van der Waals surface area (Å²) in [6.07, 6.45) is -1.55. The molecule has 4 N–H and O–H groups in total. The molecular weight excluding hydrogens is 338 g/mol. The molecule has 0 aliphatic carbocycles. The zero-order valence-corrected chi connectivity index (χ0v) is 13.6. The first-order valence-corrected chi connectivity index (χ1v) is 7.98. The van der Waals surface area contributed by atoms with Gasteiger partial charge in [0.05, 0.1) is 16.8 Å². The van der Waals surface area contributed by atoms with Crippen molar-refractivity contribution in [3.05, 3.63) is 28.8 Å². The van der Waals surface area contributed by atoms with E-state index in [1.807, 2.05) is 0 Å². The predicted octanol–water partition coefficient (Wildman–Crippen LogP) is 1.77. The lowest BCUT2D eigenvalue weighted by atomic mass is 10.2. The molecule has 0 radical (unpaired) electrons. The van der Waals surface area contributed by atoms with Crippen LogP contribution in [-0.2, 0) is 14.9 Å². The molecule has 0 saturated carbocycles. The Morgan fingerprint density at radius 2 is 2.05 bits per heavy atom. The van der Waals surface area contributed by atoms with Crippen molar-refractivity contribution in [1.29, 1.82) is 0 Å². The first kappa shape index (κ1) is 17.5. The number of benzene rings is 1. The van der Waals surface area contributed by atoms with Gasteiger partial charge in [0.25, 0.3) is 0 Å². The Kier molecular flexibility index (Phi) is 5.76. The minimum atomic E-state index is -4.19. The number of carbonyl (C=O) groups is 1. The molecule has 0 aromatic heterocycles. The summed E-state index contributed by atoms with van der Waals surface area (Å²) in [4.78, 5) is 11.4. The van der Waals surface area contributed by atoms with E-state index in [1.54, 1.807) is 24.6 Å². The van der Waals surface area contributed by atoms with Crippen LogP contribution in [0.3, 0.4) is 0 Å². The highest BCUT2D eigenvalue weighted by molar-refractivity contribution is 7.91. The maximum atomic E-state index is 11.8. The number of nitrogens with one attached hydrogen (secondary N) is 2. The highest BCUT2D eigenvalue weighted by atomic mass is 35.5. The first-order valence-electron chi connectivity index (χ1n) is 5.71. The topological polar surface area (TPSA) is 111 Å². The van der Waals surface area contributed by atoms with E-state index in [0.29, 0.717) is 5.56 Å². The van der Waals surface area contributed by atoms with Crippen molar-refractivity contribution >= 4 is 50.8 Å². The van der Waals surface area contributed by atoms with Gasteiger partial charge in [0, 0.05) is 5.56 Å². The van der Waals surface area contributed by atoms with Crippen LogP contribution in [0.15, 0.2) is 18.2 Å². The average molecular weight is 352 g/mol. The van der Waals surface area contributed by atoms with E-state index in [2.05, 4.69) is 9.46 Å². The number of halogens is 1. The van der Waals surface area contributed by atoms with Gasteiger partial charge < -0.3 is 10.5 Å². The molecule has 0 aliphatic rings. The van der Waals surface area contributed by atoms with Gasteiger partial charge in [-0.1, -0.05) is 29.9 Å². The van der Waals surface area contributed by atoms with Crippen LogP contribution in [0.25, 0.3) is 0 Å². The third-order valence-electron chi connectivity index (χ3n) is 2.06. The monoisotopic (exact) mass is 351 g/mol. The van der Waals surface area contributed by atoms with Crippen LogP contribution >= 0.6 is 23.8 Å². The molecule has 1 amide bonds. The fourth-order valence-corrected chi connectivity index (χ4v) is 2.40. The molecule has 0 unspecified atom stereocenters.